The molecular formula is C21H45NO5Si. The predicted octanol–water partition coefficient (Wildman–Crippen LogP) is 4.80. The number of carboxylic acid groups (broad SMARTS) is 1. The molecule has 168 valence electrons. The van der Waals surface area contributed by atoms with Crippen molar-refractivity contribution in [3.63, 3.8) is 0 Å². The Labute approximate surface area is 174 Å². The van der Waals surface area contributed by atoms with E-state index in [9.17, 15) is 9.90 Å². The van der Waals surface area contributed by atoms with Crippen molar-refractivity contribution in [2.45, 2.75) is 97.8 Å². The molecule has 0 unspecified atom stereocenters. The monoisotopic (exact) mass is 419 g/mol. The molecule has 0 aromatic heterocycles. The summed E-state index contributed by atoms with van der Waals surface area (Å²) in [6.07, 6.45) is 6.54. The minimum absolute atomic E-state index is 0.104. The third kappa shape index (κ3) is 9.35. The molecule has 0 bridgehead atoms. The molecule has 6 nitrogen and oxygen atoms in total. The zero-order chi connectivity index (χ0) is 22.0. The van der Waals surface area contributed by atoms with Crippen LogP contribution in [0, 0.1) is 5.41 Å². The molecule has 28 heavy (non-hydrogen) atoms. The first kappa shape index (κ1) is 27.5. The van der Waals surface area contributed by atoms with Gasteiger partial charge < -0.3 is 23.3 Å². The molecule has 1 N–H and O–H groups in total. The van der Waals surface area contributed by atoms with Gasteiger partial charge in [-0.05, 0) is 54.5 Å². The number of carbonyl (C=O) groups is 1. The maximum atomic E-state index is 11.5. The highest BCUT2D eigenvalue weighted by molar-refractivity contribution is 6.60. The SMILES string of the molecule is CCCCCC[C@H](C)O[Si](CCN(C)C(C)(C)CC(C)(C)C(=O)O)(OC)OC. The summed E-state index contributed by atoms with van der Waals surface area (Å²) in [6, 6.07) is 0.673. The maximum absolute atomic E-state index is 11.5. The van der Waals surface area contributed by atoms with Gasteiger partial charge in [-0.2, -0.15) is 0 Å². The normalized spacial score (nSPS) is 14.5. The number of aliphatic carboxylic acids is 1. The third-order valence-corrected chi connectivity index (χ3v) is 8.55. The van der Waals surface area contributed by atoms with Gasteiger partial charge in [-0.15, -0.1) is 0 Å². The molecule has 0 aliphatic carbocycles. The Balaban J connectivity index is 4.84. The van der Waals surface area contributed by atoms with Gasteiger partial charge in [0.1, 0.15) is 0 Å². The molecule has 0 saturated carbocycles. The Hall–Kier alpha value is -0.473. The van der Waals surface area contributed by atoms with E-state index in [0.717, 1.165) is 19.4 Å². The van der Waals surface area contributed by atoms with E-state index in [-0.39, 0.29) is 11.6 Å². The number of carboxylic acids is 1. The van der Waals surface area contributed by atoms with Crippen LogP contribution in [0.5, 0.6) is 0 Å². The van der Waals surface area contributed by atoms with E-state index < -0.39 is 20.2 Å². The Morgan fingerprint density at radius 1 is 1.11 bits per heavy atom. The van der Waals surface area contributed by atoms with E-state index in [4.69, 9.17) is 13.3 Å². The zero-order valence-corrected chi connectivity index (χ0v) is 20.8. The number of hydrogen-bond acceptors (Lipinski definition) is 5. The van der Waals surface area contributed by atoms with Gasteiger partial charge in [0, 0.05) is 38.5 Å². The molecule has 0 rings (SSSR count). The van der Waals surface area contributed by atoms with Crippen LogP contribution in [0.1, 0.15) is 80.1 Å². The molecule has 0 fully saturated rings. The first-order valence-corrected chi connectivity index (χ1v) is 12.5. The second-order valence-corrected chi connectivity index (χ2v) is 12.1. The lowest BCUT2D eigenvalue weighted by Crippen LogP contribution is -2.51. The molecule has 0 spiro atoms. The van der Waals surface area contributed by atoms with Gasteiger partial charge in [-0.3, -0.25) is 4.79 Å². The van der Waals surface area contributed by atoms with Crippen LogP contribution >= 0.6 is 0 Å². The highest BCUT2D eigenvalue weighted by atomic mass is 28.4. The van der Waals surface area contributed by atoms with E-state index in [1.807, 2.05) is 7.05 Å². The summed E-state index contributed by atoms with van der Waals surface area (Å²) in [5.74, 6) is -0.772. The van der Waals surface area contributed by atoms with E-state index in [0.29, 0.717) is 12.5 Å². The first-order chi connectivity index (χ1) is 12.9. The molecule has 0 aromatic rings. The lowest BCUT2D eigenvalue weighted by molar-refractivity contribution is -0.149. The second-order valence-electron chi connectivity index (χ2n) is 9.22. The summed E-state index contributed by atoms with van der Waals surface area (Å²) < 4.78 is 17.8. The largest absolute Gasteiger partial charge is 0.501 e. The van der Waals surface area contributed by atoms with Crippen LogP contribution in [0.15, 0.2) is 0 Å². The van der Waals surface area contributed by atoms with Crippen molar-refractivity contribution in [1.82, 2.24) is 4.90 Å². The van der Waals surface area contributed by atoms with Crippen LogP contribution in [0.3, 0.4) is 0 Å². The molecule has 0 amide bonds. The van der Waals surface area contributed by atoms with E-state index in [2.05, 4.69) is 32.6 Å². The average Bonchev–Trinajstić information content (AvgIpc) is 2.61. The van der Waals surface area contributed by atoms with Crippen LogP contribution in [0.2, 0.25) is 6.04 Å². The summed E-state index contributed by atoms with van der Waals surface area (Å²) in [4.78, 5) is 13.7. The Morgan fingerprint density at radius 3 is 2.14 bits per heavy atom. The topological polar surface area (TPSA) is 68.2 Å². The van der Waals surface area contributed by atoms with Crippen molar-refractivity contribution >= 4 is 14.8 Å². The van der Waals surface area contributed by atoms with E-state index >= 15 is 0 Å². The maximum Gasteiger partial charge on any atom is 0.501 e. The van der Waals surface area contributed by atoms with Crippen LogP contribution in [-0.2, 0) is 18.1 Å². The van der Waals surface area contributed by atoms with E-state index in [1.165, 1.54) is 19.3 Å². The summed E-state index contributed by atoms with van der Waals surface area (Å²) in [6.45, 7) is 12.7. The lowest BCUT2D eigenvalue weighted by atomic mass is 9.79. The van der Waals surface area contributed by atoms with Crippen LogP contribution in [0.4, 0.5) is 0 Å². The summed E-state index contributed by atoms with van der Waals surface area (Å²) in [5.41, 5.74) is -1.05. The van der Waals surface area contributed by atoms with Gasteiger partial charge in [-0.1, -0.05) is 32.6 Å². The van der Waals surface area contributed by atoms with Crippen molar-refractivity contribution in [2.24, 2.45) is 5.41 Å². The predicted molar refractivity (Wildman–Crippen MR) is 117 cm³/mol. The van der Waals surface area contributed by atoms with Gasteiger partial charge in [0.05, 0.1) is 5.41 Å². The fraction of sp³-hybridized carbons (Fsp3) is 0.952. The van der Waals surface area contributed by atoms with Crippen LogP contribution < -0.4 is 0 Å². The summed E-state index contributed by atoms with van der Waals surface area (Å²) >= 11 is 0. The quantitative estimate of drug-likeness (QED) is 0.286. The minimum atomic E-state index is -2.76. The molecule has 7 heteroatoms. The third-order valence-electron chi connectivity index (χ3n) is 5.71. The molecule has 0 aliphatic heterocycles. The van der Waals surface area contributed by atoms with Crippen LogP contribution in [-0.4, -0.2) is 64.2 Å². The summed E-state index contributed by atoms with van der Waals surface area (Å²) in [5, 5.41) is 9.45. The van der Waals surface area contributed by atoms with Gasteiger partial charge in [0.2, 0.25) is 0 Å². The highest BCUT2D eigenvalue weighted by Gasteiger charge is 2.42. The van der Waals surface area contributed by atoms with E-state index in [1.54, 1.807) is 28.1 Å². The number of nitrogens with zero attached hydrogens (tertiary/aromatic N) is 1. The molecule has 0 aliphatic rings. The number of rotatable bonds is 16. The molecule has 0 saturated heterocycles. The van der Waals surface area contributed by atoms with Crippen molar-refractivity contribution < 1.29 is 23.2 Å². The Morgan fingerprint density at radius 2 is 1.68 bits per heavy atom. The first-order valence-electron chi connectivity index (χ1n) is 10.6. The lowest BCUT2D eigenvalue weighted by Gasteiger charge is -2.41. The molecule has 0 aromatic carbocycles. The van der Waals surface area contributed by atoms with Crippen molar-refractivity contribution in [1.29, 1.82) is 0 Å². The van der Waals surface area contributed by atoms with Crippen molar-refractivity contribution in [2.75, 3.05) is 27.8 Å². The molecule has 0 radical (unpaired) electrons. The highest BCUT2D eigenvalue weighted by Crippen LogP contribution is 2.32. The molecule has 1 atom stereocenters. The molecular weight excluding hydrogens is 374 g/mol. The Bertz CT molecular complexity index is 452. The van der Waals surface area contributed by atoms with Crippen molar-refractivity contribution in [3.05, 3.63) is 0 Å². The fourth-order valence-corrected chi connectivity index (χ4v) is 5.79. The standard InChI is InChI=1S/C21H45NO5Si/c1-10-11-12-13-14-18(2)27-28(25-8,26-9)16-15-22(7)21(5,6)17-20(3,4)19(23)24/h18H,10-17H2,1-9H3,(H,23,24)/t18-/m0/s1. The van der Waals surface area contributed by atoms with Crippen molar-refractivity contribution in [3.8, 4) is 0 Å². The smallest absolute Gasteiger partial charge is 0.481 e. The van der Waals surface area contributed by atoms with Gasteiger partial charge in [0.15, 0.2) is 0 Å². The fourth-order valence-electron chi connectivity index (χ4n) is 3.57. The molecule has 0 heterocycles. The minimum Gasteiger partial charge on any atom is -0.481 e. The summed E-state index contributed by atoms with van der Waals surface area (Å²) in [7, 11) is 2.60. The Kier molecular flexibility index (Phi) is 12.1. The van der Waals surface area contributed by atoms with Crippen LogP contribution in [0.25, 0.3) is 0 Å². The number of hydrogen-bond donors (Lipinski definition) is 1. The number of unbranched alkanes of at least 4 members (excludes halogenated alkanes) is 3. The van der Waals surface area contributed by atoms with Gasteiger partial charge in [-0.25, -0.2) is 0 Å². The van der Waals surface area contributed by atoms with Gasteiger partial charge >= 0.3 is 14.8 Å². The van der Waals surface area contributed by atoms with Gasteiger partial charge in [0.25, 0.3) is 0 Å². The second kappa shape index (κ2) is 12.3. The average molecular weight is 420 g/mol. The zero-order valence-electron chi connectivity index (χ0n) is 19.8.